The maximum absolute atomic E-state index is 2.35. The second kappa shape index (κ2) is 3.87. The van der Waals surface area contributed by atoms with E-state index in [2.05, 4.69) is 49.2 Å². The molecule has 0 radical (unpaired) electrons. The minimum atomic E-state index is 1.09. The van der Waals surface area contributed by atoms with Gasteiger partial charge >= 0.3 is 0 Å². The Kier molecular flexibility index (Phi) is 2.58. The van der Waals surface area contributed by atoms with Crippen molar-refractivity contribution in [3.8, 4) is 0 Å². The molecular weight excluding hydrogens is 170 g/mol. The molecule has 14 heavy (non-hydrogen) atoms. The lowest BCUT2D eigenvalue weighted by Crippen LogP contribution is -2.23. The molecule has 0 N–H and O–H groups in total. The van der Waals surface area contributed by atoms with E-state index < -0.39 is 0 Å². The van der Waals surface area contributed by atoms with Gasteiger partial charge in [-0.25, -0.2) is 0 Å². The molecule has 0 amide bonds. The van der Waals surface area contributed by atoms with Crippen molar-refractivity contribution >= 4 is 11.8 Å². The molecule has 0 atom stereocenters. The quantitative estimate of drug-likeness (QED) is 0.686. The molecule has 0 fully saturated rings. The van der Waals surface area contributed by atoms with Crippen LogP contribution >= 0.6 is 0 Å². The Labute approximate surface area is 86.1 Å². The second-order valence-corrected chi connectivity index (χ2v) is 3.97. The van der Waals surface area contributed by atoms with Crippen LogP contribution in [-0.4, -0.2) is 13.6 Å². The lowest BCUT2D eigenvalue weighted by molar-refractivity contribution is 0.846. The molecule has 1 nitrogen and oxygen atoms in total. The highest BCUT2D eigenvalue weighted by molar-refractivity contribution is 5.72. The molecule has 0 spiro atoms. The van der Waals surface area contributed by atoms with Crippen molar-refractivity contribution in [2.45, 2.75) is 19.8 Å². The van der Waals surface area contributed by atoms with Crippen LogP contribution in [0.25, 0.3) is 6.08 Å². The van der Waals surface area contributed by atoms with Crippen molar-refractivity contribution < 1.29 is 0 Å². The molecule has 1 aromatic carbocycles. The van der Waals surface area contributed by atoms with E-state index in [0.717, 1.165) is 6.54 Å². The van der Waals surface area contributed by atoms with Crippen molar-refractivity contribution in [1.29, 1.82) is 0 Å². The van der Waals surface area contributed by atoms with Gasteiger partial charge in [-0.05, 0) is 18.1 Å². The van der Waals surface area contributed by atoms with Gasteiger partial charge in [0.25, 0.3) is 0 Å². The minimum Gasteiger partial charge on any atom is -0.370 e. The highest BCUT2D eigenvalue weighted by Gasteiger charge is 2.12. The molecule has 0 unspecified atom stereocenters. The Balaban J connectivity index is 2.35. The van der Waals surface area contributed by atoms with Gasteiger partial charge in [0.05, 0.1) is 0 Å². The maximum atomic E-state index is 2.35. The maximum Gasteiger partial charge on any atom is 0.0440 e. The first kappa shape index (κ1) is 9.32. The number of nitrogens with zero attached hydrogens (tertiary/aromatic N) is 1. The van der Waals surface area contributed by atoms with Crippen LogP contribution in [0, 0.1) is 0 Å². The fraction of sp³-hybridized carbons (Fsp3) is 0.385. The Morgan fingerprint density at radius 2 is 2.07 bits per heavy atom. The van der Waals surface area contributed by atoms with Gasteiger partial charge in [0.1, 0.15) is 0 Å². The highest BCUT2D eigenvalue weighted by atomic mass is 15.1. The number of benzene rings is 1. The van der Waals surface area contributed by atoms with Crippen LogP contribution in [-0.2, 0) is 0 Å². The van der Waals surface area contributed by atoms with Crippen LogP contribution < -0.4 is 4.90 Å². The first-order chi connectivity index (χ1) is 6.81. The topological polar surface area (TPSA) is 3.24 Å². The molecule has 0 bridgehead atoms. The van der Waals surface area contributed by atoms with Gasteiger partial charge in [0, 0.05) is 19.3 Å². The standard InChI is InChI=1S/C13H17N/c1-3-6-11-9-12-7-4-5-8-13(12)14(2)10-11/h4-5,7-9H,3,6,10H2,1-2H3. The molecule has 74 valence electrons. The van der Waals surface area contributed by atoms with E-state index in [1.54, 1.807) is 5.57 Å². The van der Waals surface area contributed by atoms with Crippen molar-refractivity contribution in [2.24, 2.45) is 0 Å². The molecule has 1 aliphatic heterocycles. The molecule has 1 heteroatoms. The summed E-state index contributed by atoms with van der Waals surface area (Å²) in [5.74, 6) is 0. The van der Waals surface area contributed by atoms with Crippen molar-refractivity contribution in [2.75, 3.05) is 18.5 Å². The first-order valence-corrected chi connectivity index (χ1v) is 5.31. The summed E-state index contributed by atoms with van der Waals surface area (Å²) in [6.07, 6.45) is 4.80. The Hall–Kier alpha value is -1.24. The Bertz CT molecular complexity index is 352. The summed E-state index contributed by atoms with van der Waals surface area (Å²) in [6, 6.07) is 8.60. The Morgan fingerprint density at radius 1 is 1.29 bits per heavy atom. The predicted octanol–water partition coefficient (Wildman–Crippen LogP) is 3.32. The zero-order valence-corrected chi connectivity index (χ0v) is 8.96. The number of rotatable bonds is 2. The normalized spacial score (nSPS) is 15.0. The van der Waals surface area contributed by atoms with E-state index in [9.17, 15) is 0 Å². The minimum absolute atomic E-state index is 1.09. The van der Waals surface area contributed by atoms with Crippen LogP contribution in [0.15, 0.2) is 29.8 Å². The van der Waals surface area contributed by atoms with Crippen molar-refractivity contribution in [3.05, 3.63) is 35.4 Å². The van der Waals surface area contributed by atoms with Crippen LogP contribution in [0.3, 0.4) is 0 Å². The average Bonchev–Trinajstić information content (AvgIpc) is 2.18. The van der Waals surface area contributed by atoms with Gasteiger partial charge in [0.15, 0.2) is 0 Å². The van der Waals surface area contributed by atoms with Crippen molar-refractivity contribution in [3.63, 3.8) is 0 Å². The summed E-state index contributed by atoms with van der Waals surface area (Å²) in [4.78, 5) is 2.33. The molecule has 1 heterocycles. The predicted molar refractivity (Wildman–Crippen MR) is 62.6 cm³/mol. The van der Waals surface area contributed by atoms with Gasteiger partial charge in [0.2, 0.25) is 0 Å². The van der Waals surface area contributed by atoms with E-state index in [1.165, 1.54) is 24.1 Å². The molecule has 2 rings (SSSR count). The lowest BCUT2D eigenvalue weighted by Gasteiger charge is -2.27. The number of anilines is 1. The van der Waals surface area contributed by atoms with Gasteiger partial charge in [-0.2, -0.15) is 0 Å². The monoisotopic (exact) mass is 187 g/mol. The number of hydrogen-bond donors (Lipinski definition) is 0. The smallest absolute Gasteiger partial charge is 0.0440 e. The molecule has 0 aromatic heterocycles. The molecule has 0 aliphatic carbocycles. The van der Waals surface area contributed by atoms with Gasteiger partial charge in [-0.15, -0.1) is 0 Å². The summed E-state index contributed by atoms with van der Waals surface area (Å²) in [7, 11) is 2.17. The molecular formula is C13H17N. The van der Waals surface area contributed by atoms with Crippen molar-refractivity contribution in [1.82, 2.24) is 0 Å². The van der Waals surface area contributed by atoms with E-state index in [1.807, 2.05) is 0 Å². The van der Waals surface area contributed by atoms with Crippen LogP contribution in [0.5, 0.6) is 0 Å². The molecule has 0 saturated carbocycles. The number of fused-ring (bicyclic) bond motifs is 1. The first-order valence-electron chi connectivity index (χ1n) is 5.31. The lowest BCUT2D eigenvalue weighted by atomic mass is 10.0. The summed E-state index contributed by atoms with van der Waals surface area (Å²) < 4.78 is 0. The summed E-state index contributed by atoms with van der Waals surface area (Å²) in [5, 5.41) is 0. The number of para-hydroxylation sites is 1. The summed E-state index contributed by atoms with van der Waals surface area (Å²) in [6.45, 7) is 3.33. The summed E-state index contributed by atoms with van der Waals surface area (Å²) in [5.41, 5.74) is 4.27. The van der Waals surface area contributed by atoms with Gasteiger partial charge < -0.3 is 4.90 Å². The van der Waals surface area contributed by atoms with Gasteiger partial charge in [-0.3, -0.25) is 0 Å². The third-order valence-electron chi connectivity index (χ3n) is 2.72. The SMILES string of the molecule is CCCC1=Cc2ccccc2N(C)C1. The zero-order valence-electron chi connectivity index (χ0n) is 8.96. The van der Waals surface area contributed by atoms with Crippen LogP contribution in [0.4, 0.5) is 5.69 Å². The fourth-order valence-corrected chi connectivity index (χ4v) is 2.08. The molecule has 1 aliphatic rings. The van der Waals surface area contributed by atoms with E-state index in [0.29, 0.717) is 0 Å². The Morgan fingerprint density at radius 3 is 2.86 bits per heavy atom. The second-order valence-electron chi connectivity index (χ2n) is 3.97. The summed E-state index contributed by atoms with van der Waals surface area (Å²) >= 11 is 0. The highest BCUT2D eigenvalue weighted by Crippen LogP contribution is 2.28. The number of hydrogen-bond acceptors (Lipinski definition) is 1. The van der Waals surface area contributed by atoms with Crippen LogP contribution in [0.1, 0.15) is 25.3 Å². The van der Waals surface area contributed by atoms with E-state index in [4.69, 9.17) is 0 Å². The molecule has 0 saturated heterocycles. The largest absolute Gasteiger partial charge is 0.370 e. The molecule has 1 aromatic rings. The third kappa shape index (κ3) is 1.67. The third-order valence-corrected chi connectivity index (χ3v) is 2.72. The number of likely N-dealkylation sites (N-methyl/N-ethyl adjacent to an activating group) is 1. The van der Waals surface area contributed by atoms with Crippen LogP contribution in [0.2, 0.25) is 0 Å². The van der Waals surface area contributed by atoms with E-state index in [-0.39, 0.29) is 0 Å². The average molecular weight is 187 g/mol. The fourth-order valence-electron chi connectivity index (χ4n) is 2.08. The van der Waals surface area contributed by atoms with E-state index >= 15 is 0 Å². The zero-order chi connectivity index (χ0) is 9.97. The van der Waals surface area contributed by atoms with Gasteiger partial charge in [-0.1, -0.05) is 43.2 Å².